The minimum absolute atomic E-state index is 0.0895. The molecule has 6 nitrogen and oxygen atoms in total. The highest BCUT2D eigenvalue weighted by atomic mass is 35.5. The van der Waals surface area contributed by atoms with Crippen molar-refractivity contribution in [2.45, 2.75) is 20.0 Å². The number of likely N-dealkylation sites (N-methyl/N-ethyl adjacent to an activating group) is 1. The van der Waals surface area contributed by atoms with Gasteiger partial charge in [-0.2, -0.15) is 0 Å². The molecule has 0 heterocycles. The van der Waals surface area contributed by atoms with E-state index in [0.717, 1.165) is 5.69 Å². The van der Waals surface area contributed by atoms with Crippen molar-refractivity contribution >= 4 is 28.9 Å². The molecular weight excluding hydrogens is 332 g/mol. The number of non-ortho nitro benzene ring substituents is 1. The summed E-state index contributed by atoms with van der Waals surface area (Å²) < 4.78 is 5.60. The predicted molar refractivity (Wildman–Crippen MR) is 92.7 cm³/mol. The number of hydrogen-bond acceptors (Lipinski definition) is 4. The average Bonchev–Trinajstić information content (AvgIpc) is 2.58. The smallest absolute Gasteiger partial charge is 0.271 e. The minimum atomic E-state index is -0.788. The van der Waals surface area contributed by atoms with Crippen molar-refractivity contribution in [2.75, 3.05) is 11.4 Å². The Labute approximate surface area is 144 Å². The molecule has 0 aliphatic carbocycles. The molecule has 0 N–H and O–H groups in total. The molecule has 7 heteroatoms. The molecule has 0 radical (unpaired) electrons. The number of nitro benzene ring substituents is 1. The predicted octanol–water partition coefficient (Wildman–Crippen LogP) is 4.07. The van der Waals surface area contributed by atoms with Gasteiger partial charge in [0.25, 0.3) is 11.6 Å². The van der Waals surface area contributed by atoms with Crippen molar-refractivity contribution in [3.05, 3.63) is 63.7 Å². The fraction of sp³-hybridized carbons (Fsp3) is 0.235. The first-order valence-corrected chi connectivity index (χ1v) is 7.78. The van der Waals surface area contributed by atoms with Crippen molar-refractivity contribution in [2.24, 2.45) is 0 Å². The van der Waals surface area contributed by atoms with E-state index in [0.29, 0.717) is 6.54 Å². The lowest BCUT2D eigenvalue weighted by molar-refractivity contribution is -0.384. The number of anilines is 1. The van der Waals surface area contributed by atoms with Crippen LogP contribution in [0.3, 0.4) is 0 Å². The lowest BCUT2D eigenvalue weighted by Crippen LogP contribution is -2.40. The number of halogens is 1. The molecule has 0 saturated heterocycles. The van der Waals surface area contributed by atoms with Crippen LogP contribution in [0.5, 0.6) is 5.75 Å². The summed E-state index contributed by atoms with van der Waals surface area (Å²) in [6.07, 6.45) is -0.788. The van der Waals surface area contributed by atoms with E-state index in [1.807, 2.05) is 37.3 Å². The highest BCUT2D eigenvalue weighted by Crippen LogP contribution is 2.29. The molecule has 0 spiro atoms. The zero-order chi connectivity index (χ0) is 17.7. The summed E-state index contributed by atoms with van der Waals surface area (Å²) in [7, 11) is 0. The molecule has 0 unspecified atom stereocenters. The van der Waals surface area contributed by atoms with Gasteiger partial charge >= 0.3 is 0 Å². The van der Waals surface area contributed by atoms with E-state index in [2.05, 4.69) is 0 Å². The Balaban J connectivity index is 2.15. The van der Waals surface area contributed by atoms with E-state index in [1.54, 1.807) is 11.8 Å². The number of carbonyl (C=O) groups excluding carboxylic acids is 1. The second-order valence-electron chi connectivity index (χ2n) is 5.05. The number of ether oxygens (including phenoxy) is 1. The molecule has 0 aromatic heterocycles. The van der Waals surface area contributed by atoms with E-state index >= 15 is 0 Å². The van der Waals surface area contributed by atoms with E-state index in [1.165, 1.54) is 18.2 Å². The number of amides is 1. The van der Waals surface area contributed by atoms with E-state index in [-0.39, 0.29) is 22.4 Å². The number of nitrogens with zero attached hydrogens (tertiary/aromatic N) is 2. The first-order chi connectivity index (χ1) is 11.4. The van der Waals surface area contributed by atoms with Crippen LogP contribution in [0.15, 0.2) is 48.5 Å². The van der Waals surface area contributed by atoms with Gasteiger partial charge in [0.2, 0.25) is 0 Å². The largest absolute Gasteiger partial charge is 0.479 e. The van der Waals surface area contributed by atoms with Crippen LogP contribution in [0, 0.1) is 10.1 Å². The van der Waals surface area contributed by atoms with E-state index in [9.17, 15) is 14.9 Å². The van der Waals surface area contributed by atoms with Crippen molar-refractivity contribution in [1.29, 1.82) is 0 Å². The first kappa shape index (κ1) is 17.7. The molecular formula is C17H17ClN2O4. The SMILES string of the molecule is CCN(C(=O)[C@H](C)Oc1ccc([N+](=O)[O-])cc1Cl)c1ccccc1. The maximum atomic E-state index is 12.6. The molecule has 2 aromatic rings. The second-order valence-corrected chi connectivity index (χ2v) is 5.46. The highest BCUT2D eigenvalue weighted by Gasteiger charge is 2.23. The van der Waals surface area contributed by atoms with Crippen molar-refractivity contribution < 1.29 is 14.5 Å². The van der Waals surface area contributed by atoms with Crippen LogP contribution in [-0.2, 0) is 4.79 Å². The molecule has 0 aliphatic heterocycles. The topological polar surface area (TPSA) is 72.7 Å². The van der Waals surface area contributed by atoms with Crippen LogP contribution in [0.1, 0.15) is 13.8 Å². The molecule has 0 saturated carbocycles. The fourth-order valence-electron chi connectivity index (χ4n) is 2.23. The molecule has 126 valence electrons. The molecule has 0 bridgehead atoms. The van der Waals surface area contributed by atoms with Gasteiger partial charge in [-0.15, -0.1) is 0 Å². The summed E-state index contributed by atoms with van der Waals surface area (Å²) in [6.45, 7) is 3.98. The Kier molecular flexibility index (Phi) is 5.76. The van der Waals surface area contributed by atoms with Gasteiger partial charge in [0.1, 0.15) is 5.75 Å². The van der Waals surface area contributed by atoms with Crippen LogP contribution in [0.25, 0.3) is 0 Å². The van der Waals surface area contributed by atoms with Crippen molar-refractivity contribution in [3.8, 4) is 5.75 Å². The van der Waals surface area contributed by atoms with Crippen molar-refractivity contribution in [3.63, 3.8) is 0 Å². The molecule has 24 heavy (non-hydrogen) atoms. The standard InChI is InChI=1S/C17H17ClN2O4/c1-3-19(13-7-5-4-6-8-13)17(21)12(2)24-16-10-9-14(20(22)23)11-15(16)18/h4-12H,3H2,1-2H3/t12-/m0/s1. The summed E-state index contributed by atoms with van der Waals surface area (Å²) in [5, 5.41) is 10.8. The Bertz CT molecular complexity index is 737. The Hall–Kier alpha value is -2.60. The van der Waals surface area contributed by atoms with Crippen LogP contribution >= 0.6 is 11.6 Å². The third kappa shape index (κ3) is 4.02. The summed E-state index contributed by atoms with van der Waals surface area (Å²) in [6, 6.07) is 13.1. The minimum Gasteiger partial charge on any atom is -0.479 e. The van der Waals surface area contributed by atoms with E-state index < -0.39 is 11.0 Å². The van der Waals surface area contributed by atoms with Gasteiger partial charge < -0.3 is 9.64 Å². The Morgan fingerprint density at radius 2 is 1.96 bits per heavy atom. The van der Waals surface area contributed by atoms with Gasteiger partial charge in [0.15, 0.2) is 6.10 Å². The molecule has 1 amide bonds. The Morgan fingerprint density at radius 1 is 1.29 bits per heavy atom. The summed E-state index contributed by atoms with van der Waals surface area (Å²) in [4.78, 5) is 24.4. The third-order valence-electron chi connectivity index (χ3n) is 3.43. The summed E-state index contributed by atoms with van der Waals surface area (Å²) in [5.41, 5.74) is 0.640. The zero-order valence-corrected chi connectivity index (χ0v) is 14.1. The second kappa shape index (κ2) is 7.79. The highest BCUT2D eigenvalue weighted by molar-refractivity contribution is 6.32. The lowest BCUT2D eigenvalue weighted by Gasteiger charge is -2.25. The van der Waals surface area contributed by atoms with Gasteiger partial charge in [-0.3, -0.25) is 14.9 Å². The quantitative estimate of drug-likeness (QED) is 0.582. The van der Waals surface area contributed by atoms with Gasteiger partial charge in [-0.25, -0.2) is 0 Å². The lowest BCUT2D eigenvalue weighted by atomic mass is 10.2. The van der Waals surface area contributed by atoms with Crippen LogP contribution in [-0.4, -0.2) is 23.5 Å². The number of carbonyl (C=O) groups is 1. The first-order valence-electron chi connectivity index (χ1n) is 7.41. The van der Waals surface area contributed by atoms with Gasteiger partial charge in [-0.05, 0) is 32.0 Å². The zero-order valence-electron chi connectivity index (χ0n) is 13.3. The summed E-state index contributed by atoms with van der Waals surface area (Å²) in [5.74, 6) is 0.00495. The van der Waals surface area contributed by atoms with Gasteiger partial charge in [0, 0.05) is 24.4 Å². The normalized spacial score (nSPS) is 11.6. The number of nitro groups is 1. The number of rotatable bonds is 6. The number of hydrogen-bond donors (Lipinski definition) is 0. The third-order valence-corrected chi connectivity index (χ3v) is 3.72. The average molecular weight is 349 g/mol. The molecule has 0 fully saturated rings. The maximum Gasteiger partial charge on any atom is 0.271 e. The maximum absolute atomic E-state index is 12.6. The van der Waals surface area contributed by atoms with Crippen LogP contribution < -0.4 is 9.64 Å². The summed E-state index contributed by atoms with van der Waals surface area (Å²) >= 11 is 6.00. The molecule has 1 atom stereocenters. The van der Waals surface area contributed by atoms with Gasteiger partial charge in [-0.1, -0.05) is 29.8 Å². The van der Waals surface area contributed by atoms with Gasteiger partial charge in [0.05, 0.1) is 9.95 Å². The van der Waals surface area contributed by atoms with Crippen LogP contribution in [0.2, 0.25) is 5.02 Å². The molecule has 2 rings (SSSR count). The molecule has 2 aromatic carbocycles. The van der Waals surface area contributed by atoms with Crippen molar-refractivity contribution in [1.82, 2.24) is 0 Å². The van der Waals surface area contributed by atoms with E-state index in [4.69, 9.17) is 16.3 Å². The van der Waals surface area contributed by atoms with Crippen LogP contribution in [0.4, 0.5) is 11.4 Å². The number of para-hydroxylation sites is 1. The number of benzene rings is 2. The fourth-order valence-corrected chi connectivity index (χ4v) is 2.45. The Morgan fingerprint density at radius 3 is 2.50 bits per heavy atom. The monoisotopic (exact) mass is 348 g/mol. The molecule has 0 aliphatic rings.